The molecule has 128 valence electrons. The number of hydrogen-bond acceptors (Lipinski definition) is 4. The highest BCUT2D eigenvalue weighted by molar-refractivity contribution is 5.94. The highest BCUT2D eigenvalue weighted by Gasteiger charge is 2.34. The first kappa shape index (κ1) is 15.5. The van der Waals surface area contributed by atoms with Crippen molar-refractivity contribution in [2.75, 3.05) is 0 Å². The largest absolute Gasteiger partial charge is 0.464 e. The second-order valence-electron chi connectivity index (χ2n) is 6.27. The van der Waals surface area contributed by atoms with Crippen molar-refractivity contribution >= 4 is 5.91 Å². The Labute approximate surface area is 144 Å². The average molecular weight is 338 g/mol. The van der Waals surface area contributed by atoms with Crippen LogP contribution in [0.4, 0.5) is 0 Å². The van der Waals surface area contributed by atoms with E-state index in [9.17, 15) is 9.59 Å². The number of carbonyl (C=O) groups is 1. The van der Waals surface area contributed by atoms with Crippen molar-refractivity contribution in [2.45, 2.75) is 32.4 Å². The van der Waals surface area contributed by atoms with E-state index in [-0.39, 0.29) is 17.5 Å². The summed E-state index contributed by atoms with van der Waals surface area (Å²) in [5, 5.41) is 0. The first-order valence-corrected chi connectivity index (χ1v) is 8.25. The molecule has 1 aliphatic rings. The van der Waals surface area contributed by atoms with Crippen LogP contribution in [-0.2, 0) is 6.54 Å². The Hall–Kier alpha value is -3.02. The van der Waals surface area contributed by atoms with Crippen LogP contribution in [0.25, 0.3) is 11.5 Å². The second-order valence-corrected chi connectivity index (χ2v) is 6.27. The van der Waals surface area contributed by atoms with Gasteiger partial charge in [-0.15, -0.1) is 0 Å². The fraction of sp³-hybridized carbons (Fsp3) is 0.263. The van der Waals surface area contributed by atoms with E-state index in [1.165, 1.54) is 6.26 Å². The van der Waals surface area contributed by atoms with Crippen molar-refractivity contribution in [1.29, 1.82) is 0 Å². The molecule has 3 aromatic heterocycles. The second kappa shape index (κ2) is 6.12. The van der Waals surface area contributed by atoms with E-state index in [1.54, 1.807) is 29.2 Å². The Kier molecular flexibility index (Phi) is 3.80. The minimum Gasteiger partial charge on any atom is -0.464 e. The monoisotopic (exact) mass is 338 g/mol. The molecular weight excluding hydrogens is 320 g/mol. The van der Waals surface area contributed by atoms with Gasteiger partial charge < -0.3 is 18.7 Å². The van der Waals surface area contributed by atoms with E-state index in [2.05, 4.69) is 4.98 Å². The summed E-state index contributed by atoms with van der Waals surface area (Å²) in [6.07, 6.45) is 3.44. The molecule has 3 heterocycles. The highest BCUT2D eigenvalue weighted by atomic mass is 16.3. The molecule has 0 unspecified atom stereocenters. The molecular formula is C19H18N2O4. The Bertz CT molecular complexity index is 948. The number of rotatable bonds is 5. The molecule has 1 amide bonds. The van der Waals surface area contributed by atoms with Gasteiger partial charge in [-0.25, -0.2) is 0 Å². The fourth-order valence-electron chi connectivity index (χ4n) is 2.86. The van der Waals surface area contributed by atoms with Gasteiger partial charge in [-0.3, -0.25) is 9.59 Å². The lowest BCUT2D eigenvalue weighted by atomic mass is 10.2. The summed E-state index contributed by atoms with van der Waals surface area (Å²) in [4.78, 5) is 29.7. The summed E-state index contributed by atoms with van der Waals surface area (Å²) in [5.74, 6) is 1.81. The molecule has 1 aliphatic carbocycles. The number of pyridine rings is 1. The number of amides is 1. The zero-order valence-electron chi connectivity index (χ0n) is 13.8. The number of furan rings is 2. The Morgan fingerprint density at radius 3 is 2.68 bits per heavy atom. The van der Waals surface area contributed by atoms with Crippen LogP contribution in [0.1, 0.15) is 34.7 Å². The molecule has 1 saturated carbocycles. The molecule has 3 aromatic rings. The average Bonchev–Trinajstić information content (AvgIpc) is 3.12. The number of nitrogens with one attached hydrogen (secondary N) is 1. The van der Waals surface area contributed by atoms with Crippen LogP contribution in [0.5, 0.6) is 0 Å². The molecule has 1 fully saturated rings. The van der Waals surface area contributed by atoms with Gasteiger partial charge in [-0.05, 0) is 56.2 Å². The lowest BCUT2D eigenvalue weighted by Gasteiger charge is -2.21. The van der Waals surface area contributed by atoms with Crippen molar-refractivity contribution in [2.24, 2.45) is 0 Å². The summed E-state index contributed by atoms with van der Waals surface area (Å²) in [5.41, 5.74) is 0.261. The van der Waals surface area contributed by atoms with Gasteiger partial charge >= 0.3 is 0 Å². The Balaban J connectivity index is 1.61. The van der Waals surface area contributed by atoms with Gasteiger partial charge in [0.2, 0.25) is 0 Å². The molecule has 0 spiro atoms. The van der Waals surface area contributed by atoms with Gasteiger partial charge in [0.15, 0.2) is 0 Å². The molecule has 4 rings (SSSR count). The van der Waals surface area contributed by atoms with Crippen LogP contribution in [0.3, 0.4) is 0 Å². The zero-order chi connectivity index (χ0) is 17.4. The van der Waals surface area contributed by atoms with E-state index in [4.69, 9.17) is 8.83 Å². The number of hydrogen-bond donors (Lipinski definition) is 1. The predicted octanol–water partition coefficient (Wildman–Crippen LogP) is 3.34. The standard InChI is InChI=1S/C19H18N2O4/c1-12-4-7-14(25-12)11-21(13-5-6-13)19(23)15-8-9-16(20-18(15)22)17-3-2-10-24-17/h2-4,7-10,13H,5-6,11H2,1H3,(H,20,22). The van der Waals surface area contributed by atoms with E-state index in [1.807, 2.05) is 19.1 Å². The van der Waals surface area contributed by atoms with Crippen molar-refractivity contribution in [1.82, 2.24) is 9.88 Å². The van der Waals surface area contributed by atoms with Crippen molar-refractivity contribution in [3.8, 4) is 11.5 Å². The number of aromatic nitrogens is 1. The molecule has 0 aliphatic heterocycles. The maximum Gasteiger partial charge on any atom is 0.261 e. The molecule has 0 bridgehead atoms. The number of nitrogens with zero attached hydrogens (tertiary/aromatic N) is 1. The number of carbonyl (C=O) groups excluding carboxylic acids is 1. The third kappa shape index (κ3) is 3.15. The van der Waals surface area contributed by atoms with Gasteiger partial charge in [0.25, 0.3) is 11.5 Å². The van der Waals surface area contributed by atoms with Gasteiger partial charge in [0.05, 0.1) is 18.5 Å². The van der Waals surface area contributed by atoms with E-state index < -0.39 is 5.56 Å². The van der Waals surface area contributed by atoms with Gasteiger partial charge in [0.1, 0.15) is 22.8 Å². The van der Waals surface area contributed by atoms with E-state index in [0.717, 1.165) is 24.4 Å². The van der Waals surface area contributed by atoms with Crippen LogP contribution < -0.4 is 5.56 Å². The van der Waals surface area contributed by atoms with E-state index >= 15 is 0 Å². The van der Waals surface area contributed by atoms with Crippen LogP contribution in [0.15, 0.2) is 56.3 Å². The normalized spacial score (nSPS) is 13.8. The lowest BCUT2D eigenvalue weighted by Crippen LogP contribution is -2.36. The number of H-pyrrole nitrogens is 1. The lowest BCUT2D eigenvalue weighted by molar-refractivity contribution is 0.0715. The molecule has 25 heavy (non-hydrogen) atoms. The van der Waals surface area contributed by atoms with Crippen LogP contribution in [0.2, 0.25) is 0 Å². The Morgan fingerprint density at radius 1 is 1.24 bits per heavy atom. The van der Waals surface area contributed by atoms with Crippen LogP contribution >= 0.6 is 0 Å². The van der Waals surface area contributed by atoms with Gasteiger partial charge in [0, 0.05) is 6.04 Å². The summed E-state index contributed by atoms with van der Waals surface area (Å²) in [6, 6.07) is 10.6. The first-order valence-electron chi connectivity index (χ1n) is 8.25. The van der Waals surface area contributed by atoms with Crippen molar-refractivity contribution in [3.63, 3.8) is 0 Å². The summed E-state index contributed by atoms with van der Waals surface area (Å²) in [7, 11) is 0. The third-order valence-electron chi connectivity index (χ3n) is 4.30. The maximum atomic E-state index is 12.9. The molecule has 1 N–H and O–H groups in total. The summed E-state index contributed by atoms with van der Waals surface area (Å²) >= 11 is 0. The van der Waals surface area contributed by atoms with Crippen LogP contribution in [-0.4, -0.2) is 21.8 Å². The smallest absolute Gasteiger partial charge is 0.261 e. The van der Waals surface area contributed by atoms with Crippen molar-refractivity contribution in [3.05, 3.63) is 70.1 Å². The minimum atomic E-state index is -0.417. The topological polar surface area (TPSA) is 79.5 Å². The fourth-order valence-corrected chi connectivity index (χ4v) is 2.86. The SMILES string of the molecule is Cc1ccc(CN(C(=O)c2ccc(-c3ccco3)[nH]c2=O)C2CC2)o1. The number of aromatic amines is 1. The first-order chi connectivity index (χ1) is 12.1. The van der Waals surface area contributed by atoms with E-state index in [0.29, 0.717) is 18.0 Å². The molecule has 6 heteroatoms. The highest BCUT2D eigenvalue weighted by Crippen LogP contribution is 2.30. The third-order valence-corrected chi connectivity index (χ3v) is 4.30. The number of aryl methyl sites for hydroxylation is 1. The molecule has 0 atom stereocenters. The maximum absolute atomic E-state index is 12.9. The predicted molar refractivity (Wildman–Crippen MR) is 91.1 cm³/mol. The summed E-state index contributed by atoms with van der Waals surface area (Å²) < 4.78 is 10.9. The molecule has 6 nitrogen and oxygen atoms in total. The zero-order valence-corrected chi connectivity index (χ0v) is 13.8. The summed E-state index contributed by atoms with van der Waals surface area (Å²) in [6.45, 7) is 2.24. The van der Waals surface area contributed by atoms with Gasteiger partial charge in [-0.1, -0.05) is 0 Å². The molecule has 0 radical (unpaired) electrons. The molecule has 0 saturated heterocycles. The minimum absolute atomic E-state index is 0.130. The van der Waals surface area contributed by atoms with Gasteiger partial charge in [-0.2, -0.15) is 0 Å². The quantitative estimate of drug-likeness (QED) is 0.774. The van der Waals surface area contributed by atoms with Crippen molar-refractivity contribution < 1.29 is 13.6 Å². The van der Waals surface area contributed by atoms with Crippen LogP contribution in [0, 0.1) is 6.92 Å². The molecule has 0 aromatic carbocycles. The Morgan fingerprint density at radius 2 is 2.08 bits per heavy atom.